The van der Waals surface area contributed by atoms with Gasteiger partial charge in [0.25, 0.3) is 0 Å². The molecule has 1 amide bonds. The lowest BCUT2D eigenvalue weighted by Crippen LogP contribution is -2.21. The quantitative estimate of drug-likeness (QED) is 0.408. The number of carbonyl (C=O) groups excluding carboxylic acids is 1. The normalized spacial score (nSPS) is 10.8. The van der Waals surface area contributed by atoms with Crippen LogP contribution in [0.15, 0.2) is 24.3 Å². The summed E-state index contributed by atoms with van der Waals surface area (Å²) in [7, 11) is 1.39. The minimum Gasteiger partial charge on any atom is -0.468 e. The summed E-state index contributed by atoms with van der Waals surface area (Å²) in [4.78, 5) is 18.2. The first-order valence-corrected chi connectivity index (χ1v) is 9.08. The molecule has 0 fully saturated rings. The maximum absolute atomic E-state index is 12.8. The predicted molar refractivity (Wildman–Crippen MR) is 102 cm³/mol. The van der Waals surface area contributed by atoms with Crippen molar-refractivity contribution in [1.82, 2.24) is 9.97 Å². The molecule has 186 valence electrons. The number of aryl methyl sites for hydroxylation is 1. The van der Waals surface area contributed by atoms with E-state index in [0.29, 0.717) is 6.41 Å². The average molecular weight is 491 g/mol. The molecule has 0 atom stereocenters. The van der Waals surface area contributed by atoms with E-state index in [1.807, 2.05) is 13.8 Å². The number of alkyl halides is 6. The van der Waals surface area contributed by atoms with Crippen LogP contribution in [0.3, 0.4) is 0 Å². The van der Waals surface area contributed by atoms with Gasteiger partial charge in [0.1, 0.15) is 17.5 Å². The summed E-state index contributed by atoms with van der Waals surface area (Å²) in [6, 6.07) is 3.79. The van der Waals surface area contributed by atoms with Gasteiger partial charge in [-0.05, 0) is 19.1 Å². The third-order valence-electron chi connectivity index (χ3n) is 3.01. The topological polar surface area (TPSA) is 64.6 Å². The van der Waals surface area contributed by atoms with E-state index >= 15 is 0 Å². The minimum atomic E-state index is -4.58. The predicted octanol–water partition coefficient (Wildman–Crippen LogP) is 5.25. The van der Waals surface area contributed by atoms with Crippen LogP contribution in [0.25, 0.3) is 0 Å². The second kappa shape index (κ2) is 13.4. The molecule has 0 spiro atoms. The van der Waals surface area contributed by atoms with Gasteiger partial charge >= 0.3 is 12.4 Å². The van der Waals surface area contributed by atoms with Crippen LogP contribution in [-0.2, 0) is 4.79 Å². The van der Waals surface area contributed by atoms with E-state index in [4.69, 9.17) is 0 Å². The zero-order chi connectivity index (χ0) is 25.8. The molecule has 14 heteroatoms. The maximum atomic E-state index is 12.8. The smallest absolute Gasteiger partial charge is 0.422 e. The Morgan fingerprint density at radius 3 is 1.73 bits per heavy atom. The Bertz CT molecular complexity index is 840. The van der Waals surface area contributed by atoms with Gasteiger partial charge in [0.2, 0.25) is 18.2 Å². The lowest BCUT2D eigenvalue weighted by Gasteiger charge is -2.11. The lowest BCUT2D eigenvalue weighted by atomic mass is 10.3. The van der Waals surface area contributed by atoms with Gasteiger partial charge < -0.3 is 14.4 Å². The van der Waals surface area contributed by atoms with Gasteiger partial charge in [0.15, 0.2) is 13.2 Å². The molecule has 2 aromatic rings. The van der Waals surface area contributed by atoms with Crippen molar-refractivity contribution in [3.8, 4) is 11.8 Å². The molecule has 0 saturated carbocycles. The van der Waals surface area contributed by atoms with E-state index < -0.39 is 49.0 Å². The average Bonchev–Trinajstić information content (AvgIpc) is 2.71. The third kappa shape index (κ3) is 13.1. The number of rotatable bonds is 6. The summed E-state index contributed by atoms with van der Waals surface area (Å²) in [5, 5.41) is 0. The molecule has 0 aliphatic rings. The summed E-state index contributed by atoms with van der Waals surface area (Å²) in [5.41, 5.74) is 0.0615. The fourth-order valence-electron chi connectivity index (χ4n) is 1.80. The standard InChI is InChI=1S/C9H8F6N2O2.C8H7F2NO.C2H6/c1-5-16-6(18-3-8(10,11)12)2-7(17-5)19-4-9(13,14)15;1-11(5-12)8-3-2-6(9)4-7(8)10;1-2/h2H,3-4H2,1H3;2-5H,1H3;1-2H3. The number of anilines is 1. The largest absolute Gasteiger partial charge is 0.468 e. The zero-order valence-electron chi connectivity index (χ0n) is 17.9. The van der Waals surface area contributed by atoms with Gasteiger partial charge in [-0.1, -0.05) is 13.8 Å². The first kappa shape index (κ1) is 29.8. The summed E-state index contributed by atoms with van der Waals surface area (Å²) in [5.74, 6) is -2.50. The zero-order valence-corrected chi connectivity index (χ0v) is 17.9. The van der Waals surface area contributed by atoms with E-state index in [-0.39, 0.29) is 11.5 Å². The fourth-order valence-corrected chi connectivity index (χ4v) is 1.80. The van der Waals surface area contributed by atoms with E-state index in [0.717, 1.165) is 23.1 Å². The van der Waals surface area contributed by atoms with Crippen molar-refractivity contribution in [1.29, 1.82) is 0 Å². The van der Waals surface area contributed by atoms with Crippen LogP contribution in [-0.4, -0.2) is 49.0 Å². The van der Waals surface area contributed by atoms with Gasteiger partial charge in [-0.15, -0.1) is 0 Å². The number of halogens is 8. The van der Waals surface area contributed by atoms with E-state index in [1.54, 1.807) is 0 Å². The van der Waals surface area contributed by atoms with Crippen LogP contribution in [0, 0.1) is 18.6 Å². The monoisotopic (exact) mass is 491 g/mol. The van der Waals surface area contributed by atoms with E-state index in [9.17, 15) is 39.9 Å². The molecule has 0 radical (unpaired) electrons. The summed E-state index contributed by atoms with van der Waals surface area (Å²) in [6.45, 7) is 2.06. The highest BCUT2D eigenvalue weighted by Gasteiger charge is 2.30. The number of hydrogen-bond acceptors (Lipinski definition) is 5. The van der Waals surface area contributed by atoms with Crippen molar-refractivity contribution in [3.05, 3.63) is 41.7 Å². The number of benzene rings is 1. The summed E-state index contributed by atoms with van der Waals surface area (Å²) < 4.78 is 105. The molecule has 6 nitrogen and oxygen atoms in total. The van der Waals surface area contributed by atoms with Gasteiger partial charge in [0.05, 0.1) is 11.8 Å². The van der Waals surface area contributed by atoms with Gasteiger partial charge in [-0.2, -0.15) is 36.3 Å². The number of nitrogens with zero attached hydrogens (tertiary/aromatic N) is 3. The highest BCUT2D eigenvalue weighted by molar-refractivity contribution is 5.74. The SMILES string of the molecule is CC.CN(C=O)c1ccc(F)cc1F.Cc1nc(OCC(F)(F)F)cc(OCC(F)(F)F)n1. The molecule has 2 rings (SSSR count). The molecule has 1 aromatic heterocycles. The van der Waals surface area contributed by atoms with Crippen LogP contribution in [0.4, 0.5) is 40.8 Å². The van der Waals surface area contributed by atoms with Crippen molar-refractivity contribution in [2.24, 2.45) is 0 Å². The minimum absolute atomic E-state index is 0.0615. The molecule has 0 aliphatic heterocycles. The molecular formula is C19H21F8N3O3. The molecule has 33 heavy (non-hydrogen) atoms. The molecule has 0 aliphatic carbocycles. The molecule has 1 heterocycles. The number of amides is 1. The summed E-state index contributed by atoms with van der Waals surface area (Å²) >= 11 is 0. The molecule has 0 N–H and O–H groups in total. The van der Waals surface area contributed by atoms with Crippen molar-refractivity contribution in [2.45, 2.75) is 33.1 Å². The number of aromatic nitrogens is 2. The van der Waals surface area contributed by atoms with Crippen LogP contribution in [0.5, 0.6) is 11.8 Å². The van der Waals surface area contributed by atoms with E-state index in [1.165, 1.54) is 20.0 Å². The van der Waals surface area contributed by atoms with Crippen molar-refractivity contribution >= 4 is 12.1 Å². The number of hydrogen-bond donors (Lipinski definition) is 0. The Hall–Kier alpha value is -3.19. The van der Waals surface area contributed by atoms with Crippen LogP contribution in [0.2, 0.25) is 0 Å². The maximum Gasteiger partial charge on any atom is 0.422 e. The second-order valence-corrected chi connectivity index (χ2v) is 5.71. The molecule has 0 bridgehead atoms. The van der Waals surface area contributed by atoms with Crippen LogP contribution in [0.1, 0.15) is 19.7 Å². The Kier molecular flexibility index (Phi) is 12.1. The second-order valence-electron chi connectivity index (χ2n) is 5.71. The molecule has 1 aromatic carbocycles. The third-order valence-corrected chi connectivity index (χ3v) is 3.01. The van der Waals surface area contributed by atoms with Crippen LogP contribution < -0.4 is 14.4 Å². The number of carbonyl (C=O) groups is 1. The van der Waals surface area contributed by atoms with Crippen molar-refractivity contribution < 1.29 is 49.4 Å². The lowest BCUT2D eigenvalue weighted by molar-refractivity contribution is -0.154. The van der Waals surface area contributed by atoms with Crippen LogP contribution >= 0.6 is 0 Å². The molecule has 0 unspecified atom stereocenters. The number of ether oxygens (including phenoxy) is 2. The molecular weight excluding hydrogens is 470 g/mol. The Labute approximate surface area is 184 Å². The first-order valence-electron chi connectivity index (χ1n) is 9.08. The first-order chi connectivity index (χ1) is 15.2. The van der Waals surface area contributed by atoms with Crippen molar-refractivity contribution in [3.63, 3.8) is 0 Å². The van der Waals surface area contributed by atoms with E-state index in [2.05, 4.69) is 19.4 Å². The van der Waals surface area contributed by atoms with Gasteiger partial charge in [0, 0.05) is 13.1 Å². The highest BCUT2D eigenvalue weighted by Crippen LogP contribution is 2.22. The van der Waals surface area contributed by atoms with Crippen molar-refractivity contribution in [2.75, 3.05) is 25.2 Å². The van der Waals surface area contributed by atoms with Gasteiger partial charge in [-0.25, -0.2) is 8.78 Å². The Morgan fingerprint density at radius 1 is 0.909 bits per heavy atom. The fraction of sp³-hybridized carbons (Fsp3) is 0.421. The molecule has 0 saturated heterocycles. The van der Waals surface area contributed by atoms with Gasteiger partial charge in [-0.3, -0.25) is 4.79 Å². The Balaban J connectivity index is 0.000000627. The summed E-state index contributed by atoms with van der Waals surface area (Å²) in [6.07, 6.45) is -8.70. The highest BCUT2D eigenvalue weighted by atomic mass is 19.4. The Morgan fingerprint density at radius 2 is 1.36 bits per heavy atom.